The number of carbonyl (C=O) groups excluding carboxylic acids is 1. The highest BCUT2D eigenvalue weighted by Crippen LogP contribution is 2.00. The van der Waals surface area contributed by atoms with E-state index in [1.54, 1.807) is 6.92 Å². The standard InChI is InChI=1S/C9H22N4O/c1-7(12)9(14)13-8(4-6-11)3-2-5-10/h7-8H,2-6,10-12H2,1H3,(H,13,14)/t7-,8?/m1/s1. The van der Waals surface area contributed by atoms with Crippen molar-refractivity contribution in [2.24, 2.45) is 17.2 Å². The molecule has 0 fully saturated rings. The monoisotopic (exact) mass is 202 g/mol. The molecular weight excluding hydrogens is 180 g/mol. The van der Waals surface area contributed by atoms with Crippen LogP contribution in [0.2, 0.25) is 0 Å². The lowest BCUT2D eigenvalue weighted by molar-refractivity contribution is -0.122. The molecule has 0 bridgehead atoms. The molecule has 5 nitrogen and oxygen atoms in total. The fourth-order valence-corrected chi connectivity index (χ4v) is 1.19. The molecule has 7 N–H and O–H groups in total. The Labute approximate surface area is 85.4 Å². The minimum Gasteiger partial charge on any atom is -0.352 e. The Bertz CT molecular complexity index is 161. The Hall–Kier alpha value is -0.650. The first kappa shape index (κ1) is 13.4. The second-order valence-electron chi connectivity index (χ2n) is 3.50. The van der Waals surface area contributed by atoms with Crippen molar-refractivity contribution >= 4 is 5.91 Å². The van der Waals surface area contributed by atoms with E-state index in [2.05, 4.69) is 5.32 Å². The van der Waals surface area contributed by atoms with Gasteiger partial charge in [-0.1, -0.05) is 0 Å². The third-order valence-electron chi connectivity index (χ3n) is 2.03. The quantitative estimate of drug-likeness (QED) is 0.420. The van der Waals surface area contributed by atoms with Gasteiger partial charge < -0.3 is 22.5 Å². The van der Waals surface area contributed by atoms with Gasteiger partial charge in [0.2, 0.25) is 5.91 Å². The molecule has 0 aromatic heterocycles. The van der Waals surface area contributed by atoms with E-state index in [-0.39, 0.29) is 11.9 Å². The maximum absolute atomic E-state index is 11.3. The topological polar surface area (TPSA) is 107 Å². The molecule has 0 aliphatic rings. The fourth-order valence-electron chi connectivity index (χ4n) is 1.19. The van der Waals surface area contributed by atoms with Crippen LogP contribution in [0.1, 0.15) is 26.2 Å². The van der Waals surface area contributed by atoms with Crippen LogP contribution in [-0.2, 0) is 4.79 Å². The number of nitrogens with one attached hydrogen (secondary N) is 1. The molecule has 0 saturated carbocycles. The van der Waals surface area contributed by atoms with E-state index in [1.165, 1.54) is 0 Å². The molecule has 5 heteroatoms. The predicted octanol–water partition coefficient (Wildman–Crippen LogP) is -1.09. The van der Waals surface area contributed by atoms with Crippen molar-refractivity contribution in [3.8, 4) is 0 Å². The van der Waals surface area contributed by atoms with Crippen LogP contribution in [0.25, 0.3) is 0 Å². The van der Waals surface area contributed by atoms with Crippen LogP contribution in [0, 0.1) is 0 Å². The van der Waals surface area contributed by atoms with E-state index < -0.39 is 6.04 Å². The fraction of sp³-hybridized carbons (Fsp3) is 0.889. The summed E-state index contributed by atoms with van der Waals surface area (Å²) in [4.78, 5) is 11.3. The van der Waals surface area contributed by atoms with Gasteiger partial charge in [-0.15, -0.1) is 0 Å². The van der Waals surface area contributed by atoms with Gasteiger partial charge in [0.05, 0.1) is 6.04 Å². The maximum Gasteiger partial charge on any atom is 0.236 e. The average Bonchev–Trinajstić information content (AvgIpc) is 2.14. The number of amides is 1. The first-order valence-corrected chi connectivity index (χ1v) is 5.08. The third kappa shape index (κ3) is 5.90. The Kier molecular flexibility index (Phi) is 7.37. The minimum absolute atomic E-state index is 0.113. The van der Waals surface area contributed by atoms with Crippen LogP contribution >= 0.6 is 0 Å². The molecule has 0 aliphatic heterocycles. The molecule has 2 atom stereocenters. The molecule has 0 aromatic carbocycles. The Balaban J connectivity index is 3.88. The van der Waals surface area contributed by atoms with Gasteiger partial charge >= 0.3 is 0 Å². The molecule has 0 aliphatic carbocycles. The average molecular weight is 202 g/mol. The van der Waals surface area contributed by atoms with Crippen molar-refractivity contribution in [2.75, 3.05) is 13.1 Å². The van der Waals surface area contributed by atoms with Gasteiger partial charge in [-0.2, -0.15) is 0 Å². The summed E-state index contributed by atoms with van der Waals surface area (Å²) in [6.07, 6.45) is 2.54. The van der Waals surface area contributed by atoms with Gasteiger partial charge in [0, 0.05) is 6.04 Å². The normalized spacial score (nSPS) is 14.9. The van der Waals surface area contributed by atoms with Crippen LogP contribution in [-0.4, -0.2) is 31.1 Å². The summed E-state index contributed by atoms with van der Waals surface area (Å²) in [5.74, 6) is -0.125. The van der Waals surface area contributed by atoms with E-state index >= 15 is 0 Å². The number of rotatable bonds is 7. The van der Waals surface area contributed by atoms with Gasteiger partial charge in [-0.3, -0.25) is 4.79 Å². The first-order valence-electron chi connectivity index (χ1n) is 5.08. The van der Waals surface area contributed by atoms with Crippen LogP contribution in [0.5, 0.6) is 0 Å². The summed E-state index contributed by atoms with van der Waals surface area (Å²) in [5, 5.41) is 2.85. The molecule has 1 amide bonds. The molecule has 0 spiro atoms. The van der Waals surface area contributed by atoms with Crippen LogP contribution < -0.4 is 22.5 Å². The van der Waals surface area contributed by atoms with Crippen LogP contribution in [0.15, 0.2) is 0 Å². The van der Waals surface area contributed by atoms with E-state index in [4.69, 9.17) is 17.2 Å². The summed E-state index contributed by atoms with van der Waals surface area (Å²) in [6.45, 7) is 2.86. The van der Waals surface area contributed by atoms with Crippen LogP contribution in [0.4, 0.5) is 0 Å². The van der Waals surface area contributed by atoms with Crippen molar-refractivity contribution in [1.29, 1.82) is 0 Å². The lowest BCUT2D eigenvalue weighted by Crippen LogP contribution is -2.44. The molecule has 14 heavy (non-hydrogen) atoms. The van der Waals surface area contributed by atoms with Crippen molar-refractivity contribution < 1.29 is 4.79 Å². The smallest absolute Gasteiger partial charge is 0.236 e. The van der Waals surface area contributed by atoms with Crippen molar-refractivity contribution in [3.63, 3.8) is 0 Å². The number of nitrogens with two attached hydrogens (primary N) is 3. The molecule has 0 radical (unpaired) electrons. The molecule has 0 rings (SSSR count). The molecule has 1 unspecified atom stereocenters. The first-order chi connectivity index (χ1) is 6.61. The SMILES string of the molecule is C[C@@H](N)C(=O)NC(CCN)CCCN. The molecular formula is C9H22N4O. The van der Waals surface area contributed by atoms with Crippen molar-refractivity contribution in [1.82, 2.24) is 5.32 Å². The maximum atomic E-state index is 11.3. The second kappa shape index (κ2) is 7.73. The predicted molar refractivity (Wildman–Crippen MR) is 57.5 cm³/mol. The third-order valence-corrected chi connectivity index (χ3v) is 2.03. The van der Waals surface area contributed by atoms with E-state index in [9.17, 15) is 4.79 Å². The summed E-state index contributed by atoms with van der Waals surface area (Å²) < 4.78 is 0. The van der Waals surface area contributed by atoms with Crippen molar-refractivity contribution in [2.45, 2.75) is 38.3 Å². The second-order valence-corrected chi connectivity index (χ2v) is 3.50. The number of hydrogen-bond acceptors (Lipinski definition) is 4. The zero-order valence-corrected chi connectivity index (χ0v) is 8.83. The minimum atomic E-state index is -0.465. The highest BCUT2D eigenvalue weighted by molar-refractivity contribution is 5.81. The van der Waals surface area contributed by atoms with Gasteiger partial charge in [-0.05, 0) is 39.3 Å². The molecule has 0 saturated heterocycles. The lowest BCUT2D eigenvalue weighted by atomic mass is 10.1. The Morgan fingerprint density at radius 2 is 1.93 bits per heavy atom. The largest absolute Gasteiger partial charge is 0.352 e. The Morgan fingerprint density at radius 1 is 1.29 bits per heavy atom. The van der Waals surface area contributed by atoms with E-state index in [0.717, 1.165) is 19.3 Å². The summed E-state index contributed by atoms with van der Waals surface area (Å²) in [7, 11) is 0. The number of carbonyl (C=O) groups is 1. The summed E-state index contributed by atoms with van der Waals surface area (Å²) in [5.41, 5.74) is 16.3. The summed E-state index contributed by atoms with van der Waals surface area (Å²) >= 11 is 0. The molecule has 0 aromatic rings. The zero-order chi connectivity index (χ0) is 11.0. The summed E-state index contributed by atoms with van der Waals surface area (Å²) in [6, 6.07) is -0.352. The number of hydrogen-bond donors (Lipinski definition) is 4. The zero-order valence-electron chi connectivity index (χ0n) is 8.83. The van der Waals surface area contributed by atoms with Gasteiger partial charge in [0.15, 0.2) is 0 Å². The van der Waals surface area contributed by atoms with E-state index in [0.29, 0.717) is 13.1 Å². The highest BCUT2D eigenvalue weighted by atomic mass is 16.2. The Morgan fingerprint density at radius 3 is 2.36 bits per heavy atom. The van der Waals surface area contributed by atoms with Gasteiger partial charge in [0.1, 0.15) is 0 Å². The molecule has 0 heterocycles. The van der Waals surface area contributed by atoms with Gasteiger partial charge in [-0.25, -0.2) is 0 Å². The van der Waals surface area contributed by atoms with E-state index in [1.807, 2.05) is 0 Å². The van der Waals surface area contributed by atoms with Gasteiger partial charge in [0.25, 0.3) is 0 Å². The van der Waals surface area contributed by atoms with Crippen LogP contribution in [0.3, 0.4) is 0 Å². The molecule has 84 valence electrons. The highest BCUT2D eigenvalue weighted by Gasteiger charge is 2.13. The lowest BCUT2D eigenvalue weighted by Gasteiger charge is -2.18. The van der Waals surface area contributed by atoms with Crippen molar-refractivity contribution in [3.05, 3.63) is 0 Å².